The van der Waals surface area contributed by atoms with E-state index in [0.717, 1.165) is 17.9 Å². The molecule has 2 nitrogen and oxygen atoms in total. The van der Waals surface area contributed by atoms with Crippen LogP contribution < -0.4 is 5.73 Å². The summed E-state index contributed by atoms with van der Waals surface area (Å²) in [6.45, 7) is 0. The quantitative estimate of drug-likeness (QED) is 0.496. The lowest BCUT2D eigenvalue weighted by Gasteiger charge is -2.22. The van der Waals surface area contributed by atoms with Gasteiger partial charge in [-0.2, -0.15) is 11.8 Å². The molecule has 0 radical (unpaired) electrons. The molecule has 2 aromatic rings. The second kappa shape index (κ2) is 10.6. The Morgan fingerprint density at radius 1 is 0.852 bits per heavy atom. The molecule has 0 fully saturated rings. The van der Waals surface area contributed by atoms with Crippen molar-refractivity contribution in [1.29, 1.82) is 0 Å². The first-order chi connectivity index (χ1) is 13.2. The second-order valence-corrected chi connectivity index (χ2v) is 8.46. The Balaban J connectivity index is 1.30. The Morgan fingerprint density at radius 3 is 2.30 bits per heavy atom. The Bertz CT molecular complexity index is 705. The SMILES string of the molecule is NC1(CSCc2cccc(CCCCCCc3ccccc3)c2)CC=CO1. The number of ether oxygens (including phenoxy) is 1. The second-order valence-electron chi connectivity index (χ2n) is 7.47. The fraction of sp³-hybridized carbons (Fsp3) is 0.417. The van der Waals surface area contributed by atoms with E-state index in [2.05, 4.69) is 54.6 Å². The molecular weight excluding hydrogens is 350 g/mol. The van der Waals surface area contributed by atoms with Gasteiger partial charge in [-0.1, -0.05) is 67.4 Å². The van der Waals surface area contributed by atoms with E-state index in [9.17, 15) is 0 Å². The third-order valence-electron chi connectivity index (χ3n) is 4.99. The highest BCUT2D eigenvalue weighted by atomic mass is 32.2. The normalized spacial score (nSPS) is 18.6. The topological polar surface area (TPSA) is 35.2 Å². The first-order valence-corrected chi connectivity index (χ1v) is 11.2. The molecule has 0 bridgehead atoms. The van der Waals surface area contributed by atoms with Gasteiger partial charge < -0.3 is 4.74 Å². The van der Waals surface area contributed by atoms with E-state index < -0.39 is 5.72 Å². The van der Waals surface area contributed by atoms with E-state index in [1.165, 1.54) is 55.2 Å². The summed E-state index contributed by atoms with van der Waals surface area (Å²) in [7, 11) is 0. The summed E-state index contributed by atoms with van der Waals surface area (Å²) in [5, 5.41) is 0. The lowest BCUT2D eigenvalue weighted by Crippen LogP contribution is -2.41. The maximum Gasteiger partial charge on any atom is 0.170 e. The van der Waals surface area contributed by atoms with Crippen LogP contribution in [0.25, 0.3) is 0 Å². The third-order valence-corrected chi connectivity index (χ3v) is 6.22. The van der Waals surface area contributed by atoms with Crippen molar-refractivity contribution in [3.8, 4) is 0 Å². The van der Waals surface area contributed by atoms with Gasteiger partial charge in [-0.05, 0) is 48.4 Å². The van der Waals surface area contributed by atoms with E-state index in [1.807, 2.05) is 17.8 Å². The molecule has 1 unspecified atom stereocenters. The summed E-state index contributed by atoms with van der Waals surface area (Å²) in [6, 6.07) is 19.8. The van der Waals surface area contributed by atoms with E-state index in [1.54, 1.807) is 6.26 Å². The van der Waals surface area contributed by atoms with Gasteiger partial charge in [0.15, 0.2) is 5.72 Å². The molecule has 2 N–H and O–H groups in total. The predicted molar refractivity (Wildman–Crippen MR) is 117 cm³/mol. The van der Waals surface area contributed by atoms with Gasteiger partial charge in [-0.3, -0.25) is 5.73 Å². The van der Waals surface area contributed by atoms with Gasteiger partial charge >= 0.3 is 0 Å². The van der Waals surface area contributed by atoms with Gasteiger partial charge in [-0.25, -0.2) is 0 Å². The molecule has 0 aliphatic carbocycles. The van der Waals surface area contributed by atoms with E-state index in [0.29, 0.717) is 0 Å². The monoisotopic (exact) mass is 381 g/mol. The van der Waals surface area contributed by atoms with Gasteiger partial charge in [0.05, 0.1) is 6.26 Å². The predicted octanol–water partition coefficient (Wildman–Crippen LogP) is 5.85. The minimum atomic E-state index is -0.498. The van der Waals surface area contributed by atoms with Crippen LogP contribution in [0.2, 0.25) is 0 Å². The number of hydrogen-bond acceptors (Lipinski definition) is 3. The molecule has 0 saturated carbocycles. The molecule has 27 heavy (non-hydrogen) atoms. The number of unbranched alkanes of at least 4 members (excludes halogenated alkanes) is 3. The van der Waals surface area contributed by atoms with E-state index in [4.69, 9.17) is 10.5 Å². The van der Waals surface area contributed by atoms with Crippen molar-refractivity contribution in [2.75, 3.05) is 5.75 Å². The van der Waals surface area contributed by atoms with Crippen molar-refractivity contribution >= 4 is 11.8 Å². The molecule has 1 atom stereocenters. The van der Waals surface area contributed by atoms with Crippen LogP contribution in [0.4, 0.5) is 0 Å². The molecule has 0 saturated heterocycles. The van der Waals surface area contributed by atoms with Gasteiger partial charge in [0, 0.05) is 17.9 Å². The van der Waals surface area contributed by atoms with Crippen molar-refractivity contribution in [2.45, 2.75) is 56.4 Å². The summed E-state index contributed by atoms with van der Waals surface area (Å²) >= 11 is 1.85. The summed E-state index contributed by atoms with van der Waals surface area (Å²) < 4.78 is 5.49. The average Bonchev–Trinajstić information content (AvgIpc) is 3.12. The van der Waals surface area contributed by atoms with Crippen molar-refractivity contribution in [3.63, 3.8) is 0 Å². The van der Waals surface area contributed by atoms with Crippen LogP contribution in [-0.2, 0) is 23.3 Å². The molecule has 0 amide bonds. The molecule has 1 aliphatic heterocycles. The van der Waals surface area contributed by atoms with Gasteiger partial charge in [-0.15, -0.1) is 0 Å². The van der Waals surface area contributed by atoms with Crippen LogP contribution in [0.15, 0.2) is 66.9 Å². The van der Waals surface area contributed by atoms with Gasteiger partial charge in [0.1, 0.15) is 0 Å². The molecular formula is C24H31NOS. The van der Waals surface area contributed by atoms with Crippen molar-refractivity contribution in [1.82, 2.24) is 0 Å². The number of hydrogen-bond donors (Lipinski definition) is 1. The lowest BCUT2D eigenvalue weighted by molar-refractivity contribution is 0.0752. The number of benzene rings is 2. The fourth-order valence-electron chi connectivity index (χ4n) is 3.45. The molecule has 3 rings (SSSR count). The first-order valence-electron chi connectivity index (χ1n) is 10.0. The van der Waals surface area contributed by atoms with Crippen LogP contribution in [0, 0.1) is 0 Å². The standard InChI is InChI=1S/C24H31NOS/c25-24(16-9-17-26-24)20-27-19-23-15-8-14-22(18-23)13-5-2-1-4-10-21-11-6-3-7-12-21/h3,6-9,11-12,14-15,17-18H,1-2,4-5,10,13,16,19-20,25H2. The molecule has 3 heteroatoms. The van der Waals surface area contributed by atoms with Crippen LogP contribution in [0.3, 0.4) is 0 Å². The highest BCUT2D eigenvalue weighted by Crippen LogP contribution is 2.25. The molecule has 0 aromatic heterocycles. The Kier molecular flexibility index (Phi) is 7.85. The van der Waals surface area contributed by atoms with Crippen LogP contribution in [0.1, 0.15) is 48.8 Å². The van der Waals surface area contributed by atoms with Crippen LogP contribution >= 0.6 is 11.8 Å². The maximum atomic E-state index is 6.19. The van der Waals surface area contributed by atoms with Crippen LogP contribution in [0.5, 0.6) is 0 Å². The fourth-order valence-corrected chi connectivity index (χ4v) is 4.49. The van der Waals surface area contributed by atoms with Crippen LogP contribution in [-0.4, -0.2) is 11.5 Å². The molecule has 1 aliphatic rings. The summed E-state index contributed by atoms with van der Waals surface area (Å²) in [5.74, 6) is 1.82. The summed E-state index contributed by atoms with van der Waals surface area (Å²) in [5.41, 5.74) is 9.99. The van der Waals surface area contributed by atoms with Gasteiger partial charge in [0.2, 0.25) is 0 Å². The maximum absolute atomic E-state index is 6.19. The number of thioether (sulfide) groups is 1. The third kappa shape index (κ3) is 7.08. The summed E-state index contributed by atoms with van der Waals surface area (Å²) in [4.78, 5) is 0. The zero-order valence-electron chi connectivity index (χ0n) is 16.1. The zero-order chi connectivity index (χ0) is 18.8. The number of aryl methyl sites for hydroxylation is 2. The van der Waals surface area contributed by atoms with Crippen molar-refractivity contribution < 1.29 is 4.74 Å². The largest absolute Gasteiger partial charge is 0.480 e. The average molecular weight is 382 g/mol. The molecule has 1 heterocycles. The van der Waals surface area contributed by atoms with Crippen molar-refractivity contribution in [3.05, 3.63) is 83.6 Å². The molecule has 144 valence electrons. The van der Waals surface area contributed by atoms with Gasteiger partial charge in [0.25, 0.3) is 0 Å². The van der Waals surface area contributed by atoms with E-state index in [-0.39, 0.29) is 0 Å². The summed E-state index contributed by atoms with van der Waals surface area (Å²) in [6.07, 6.45) is 12.1. The number of nitrogens with two attached hydrogens (primary N) is 1. The van der Waals surface area contributed by atoms with Crippen molar-refractivity contribution in [2.24, 2.45) is 5.73 Å². The molecule has 2 aromatic carbocycles. The number of rotatable bonds is 11. The first kappa shape index (κ1) is 20.0. The molecule has 0 spiro atoms. The van der Waals surface area contributed by atoms with E-state index >= 15 is 0 Å². The zero-order valence-corrected chi connectivity index (χ0v) is 16.9. The minimum Gasteiger partial charge on any atom is -0.480 e. The smallest absolute Gasteiger partial charge is 0.170 e. The highest BCUT2D eigenvalue weighted by Gasteiger charge is 2.27. The lowest BCUT2D eigenvalue weighted by atomic mass is 10.0. The Hall–Kier alpha value is -1.71. The Labute approximate surface area is 168 Å². The highest BCUT2D eigenvalue weighted by molar-refractivity contribution is 7.98. The Morgan fingerprint density at radius 2 is 1.56 bits per heavy atom. The minimum absolute atomic E-state index is 0.498.